The number of benzene rings is 1. The van der Waals surface area contributed by atoms with E-state index in [-0.39, 0.29) is 0 Å². The van der Waals surface area contributed by atoms with Crippen molar-refractivity contribution in [3.63, 3.8) is 0 Å². The molecule has 29 heavy (non-hydrogen) atoms. The molecule has 1 aromatic carbocycles. The van der Waals surface area contributed by atoms with Gasteiger partial charge in [-0.25, -0.2) is 9.97 Å². The number of hydrogen-bond donors (Lipinski definition) is 0. The highest BCUT2D eigenvalue weighted by Crippen LogP contribution is 2.36. The molecule has 3 aromatic heterocycles. The van der Waals surface area contributed by atoms with Crippen molar-refractivity contribution in [1.29, 1.82) is 0 Å². The Kier molecular flexibility index (Phi) is 6.04. The molecular formula is C22H20ClN3OS2. The monoisotopic (exact) mass is 441 g/mol. The van der Waals surface area contributed by atoms with Gasteiger partial charge in [-0.05, 0) is 30.5 Å². The lowest BCUT2D eigenvalue weighted by Crippen LogP contribution is -2.02. The van der Waals surface area contributed by atoms with Crippen LogP contribution >= 0.6 is 34.7 Å². The summed E-state index contributed by atoms with van der Waals surface area (Å²) in [4.78, 5) is 14.3. The van der Waals surface area contributed by atoms with Crippen LogP contribution in [0.3, 0.4) is 0 Å². The van der Waals surface area contributed by atoms with Crippen molar-refractivity contribution in [1.82, 2.24) is 15.0 Å². The molecule has 0 amide bonds. The van der Waals surface area contributed by atoms with Gasteiger partial charge in [0.25, 0.3) is 0 Å². The van der Waals surface area contributed by atoms with Crippen LogP contribution in [0.5, 0.6) is 5.75 Å². The van der Waals surface area contributed by atoms with Gasteiger partial charge in [0, 0.05) is 45.5 Å². The van der Waals surface area contributed by atoms with E-state index in [1.165, 1.54) is 5.56 Å². The fourth-order valence-electron chi connectivity index (χ4n) is 3.15. The summed E-state index contributed by atoms with van der Waals surface area (Å²) < 4.78 is 7.17. The van der Waals surface area contributed by atoms with Crippen LogP contribution in [0.25, 0.3) is 10.9 Å². The smallest absolute Gasteiger partial charge is 0.154 e. The zero-order valence-corrected chi connectivity index (χ0v) is 18.7. The molecule has 0 radical (unpaired) electrons. The molecule has 0 N–H and O–H groups in total. The maximum absolute atomic E-state index is 6.46. The maximum Gasteiger partial charge on any atom is 0.154 e. The molecule has 0 bridgehead atoms. The summed E-state index contributed by atoms with van der Waals surface area (Å²) in [5.41, 5.74) is 4.05. The lowest BCUT2D eigenvalue weighted by molar-refractivity contribution is 0.306. The quantitative estimate of drug-likeness (QED) is 0.325. The number of aryl methyl sites for hydroxylation is 1. The van der Waals surface area contributed by atoms with E-state index in [4.69, 9.17) is 21.3 Å². The molecule has 0 aliphatic rings. The Morgan fingerprint density at radius 2 is 2.10 bits per heavy atom. The SMILES string of the molecule is Cc1cc(C(C)C)c2cccc(OCc3c(Cl)cncc3Sc3nccs3)c2n1. The first-order valence-corrected chi connectivity index (χ1v) is 11.3. The van der Waals surface area contributed by atoms with Crippen molar-refractivity contribution in [2.45, 2.75) is 42.5 Å². The second kappa shape index (κ2) is 8.69. The number of para-hydroxylation sites is 1. The normalized spacial score (nSPS) is 11.3. The van der Waals surface area contributed by atoms with Crippen molar-refractivity contribution in [3.05, 3.63) is 70.1 Å². The van der Waals surface area contributed by atoms with Crippen LogP contribution in [0, 0.1) is 6.92 Å². The average Bonchev–Trinajstić information content (AvgIpc) is 3.20. The van der Waals surface area contributed by atoms with Crippen molar-refractivity contribution < 1.29 is 4.74 Å². The summed E-state index contributed by atoms with van der Waals surface area (Å²) in [7, 11) is 0. The van der Waals surface area contributed by atoms with Crippen molar-refractivity contribution in [2.24, 2.45) is 0 Å². The highest BCUT2D eigenvalue weighted by molar-refractivity contribution is 8.01. The third kappa shape index (κ3) is 4.39. The minimum absolute atomic E-state index is 0.334. The summed E-state index contributed by atoms with van der Waals surface area (Å²) in [6.07, 6.45) is 5.24. The van der Waals surface area contributed by atoms with Gasteiger partial charge in [-0.2, -0.15) is 0 Å². The van der Waals surface area contributed by atoms with E-state index in [1.807, 2.05) is 24.4 Å². The topological polar surface area (TPSA) is 47.9 Å². The van der Waals surface area contributed by atoms with Crippen molar-refractivity contribution >= 4 is 45.6 Å². The van der Waals surface area contributed by atoms with Crippen LogP contribution in [-0.4, -0.2) is 15.0 Å². The molecule has 0 fully saturated rings. The van der Waals surface area contributed by atoms with Gasteiger partial charge in [-0.3, -0.25) is 4.98 Å². The van der Waals surface area contributed by atoms with E-state index >= 15 is 0 Å². The van der Waals surface area contributed by atoms with Crippen LogP contribution < -0.4 is 4.74 Å². The average molecular weight is 442 g/mol. The van der Waals surface area contributed by atoms with E-state index in [0.717, 1.165) is 37.1 Å². The number of nitrogens with zero attached hydrogens (tertiary/aromatic N) is 3. The molecule has 148 valence electrons. The Morgan fingerprint density at radius 3 is 2.86 bits per heavy atom. The number of ether oxygens (including phenoxy) is 1. The molecule has 0 saturated heterocycles. The molecule has 0 atom stereocenters. The third-order valence-electron chi connectivity index (χ3n) is 4.53. The maximum atomic E-state index is 6.46. The molecule has 4 aromatic rings. The summed E-state index contributed by atoms with van der Waals surface area (Å²) in [5.74, 6) is 1.16. The third-order valence-corrected chi connectivity index (χ3v) is 6.81. The lowest BCUT2D eigenvalue weighted by Gasteiger charge is -2.15. The lowest BCUT2D eigenvalue weighted by atomic mass is 9.98. The van der Waals surface area contributed by atoms with Gasteiger partial charge < -0.3 is 4.74 Å². The van der Waals surface area contributed by atoms with E-state index in [9.17, 15) is 0 Å². The first-order valence-electron chi connectivity index (χ1n) is 9.25. The van der Waals surface area contributed by atoms with Crippen LogP contribution in [0.4, 0.5) is 0 Å². The Balaban J connectivity index is 1.67. The van der Waals surface area contributed by atoms with E-state index in [2.05, 4.69) is 35.9 Å². The number of thiazole rings is 1. The highest BCUT2D eigenvalue weighted by atomic mass is 35.5. The van der Waals surface area contributed by atoms with Crippen LogP contribution in [0.15, 0.2) is 57.5 Å². The van der Waals surface area contributed by atoms with Gasteiger partial charge in [0.05, 0.1) is 5.02 Å². The molecule has 7 heteroatoms. The Labute approximate surface area is 183 Å². The van der Waals surface area contributed by atoms with Gasteiger partial charge in [-0.1, -0.05) is 49.3 Å². The van der Waals surface area contributed by atoms with E-state index in [1.54, 1.807) is 41.7 Å². The molecule has 4 rings (SSSR count). The van der Waals surface area contributed by atoms with Gasteiger partial charge in [-0.15, -0.1) is 11.3 Å². The molecule has 3 heterocycles. The second-order valence-corrected chi connectivity index (χ2v) is 9.54. The summed E-state index contributed by atoms with van der Waals surface area (Å²) in [6.45, 7) is 6.74. The van der Waals surface area contributed by atoms with Crippen LogP contribution in [0.2, 0.25) is 5.02 Å². The van der Waals surface area contributed by atoms with Gasteiger partial charge in [0.1, 0.15) is 17.9 Å². The standard InChI is InChI=1S/C22H20ClN3OS2/c1-13(2)16-9-14(3)26-21-15(16)5-4-6-19(21)27-12-17-18(23)10-24-11-20(17)29-22-25-7-8-28-22/h4-11,13H,12H2,1-3H3. The minimum atomic E-state index is 0.334. The van der Waals surface area contributed by atoms with Gasteiger partial charge in [0.2, 0.25) is 0 Å². The second-order valence-electron chi connectivity index (χ2n) is 6.95. The van der Waals surface area contributed by atoms with Crippen molar-refractivity contribution in [2.75, 3.05) is 0 Å². The minimum Gasteiger partial charge on any atom is -0.487 e. The predicted octanol–water partition coefficient (Wildman–Crippen LogP) is 6.90. The fraction of sp³-hybridized carbons (Fsp3) is 0.227. The summed E-state index contributed by atoms with van der Waals surface area (Å²) >= 11 is 9.59. The van der Waals surface area contributed by atoms with Crippen LogP contribution in [-0.2, 0) is 6.61 Å². The number of aromatic nitrogens is 3. The summed E-state index contributed by atoms with van der Waals surface area (Å²) in [6, 6.07) is 8.23. The number of pyridine rings is 2. The van der Waals surface area contributed by atoms with E-state index < -0.39 is 0 Å². The zero-order chi connectivity index (χ0) is 20.4. The number of halogens is 1. The molecule has 0 aliphatic carbocycles. The zero-order valence-electron chi connectivity index (χ0n) is 16.3. The molecule has 0 aliphatic heterocycles. The Morgan fingerprint density at radius 1 is 1.24 bits per heavy atom. The first kappa shape index (κ1) is 20.1. The number of hydrogen-bond acceptors (Lipinski definition) is 6. The number of rotatable bonds is 6. The summed E-state index contributed by atoms with van der Waals surface area (Å²) in [5, 5.41) is 3.66. The molecular weight excluding hydrogens is 422 g/mol. The highest BCUT2D eigenvalue weighted by Gasteiger charge is 2.15. The number of fused-ring (bicyclic) bond motifs is 1. The van der Waals surface area contributed by atoms with Crippen LogP contribution in [0.1, 0.15) is 36.6 Å². The molecule has 0 spiro atoms. The Hall–Kier alpha value is -2.15. The fourth-order valence-corrected chi connectivity index (χ4v) is 5.12. The molecule has 0 saturated carbocycles. The Bertz CT molecular complexity index is 1150. The van der Waals surface area contributed by atoms with Gasteiger partial charge in [0.15, 0.2) is 4.34 Å². The predicted molar refractivity (Wildman–Crippen MR) is 120 cm³/mol. The largest absolute Gasteiger partial charge is 0.487 e. The van der Waals surface area contributed by atoms with Crippen molar-refractivity contribution in [3.8, 4) is 5.75 Å². The molecule has 4 nitrogen and oxygen atoms in total. The first-order chi connectivity index (χ1) is 14.0. The van der Waals surface area contributed by atoms with E-state index in [0.29, 0.717) is 17.5 Å². The van der Waals surface area contributed by atoms with Gasteiger partial charge >= 0.3 is 0 Å². The molecule has 0 unspecified atom stereocenters.